The van der Waals surface area contributed by atoms with Crippen LogP contribution in [0.2, 0.25) is 0 Å². The van der Waals surface area contributed by atoms with E-state index in [4.69, 9.17) is 15.6 Å². The number of nitro benzene ring substituents is 1. The van der Waals surface area contributed by atoms with E-state index in [0.29, 0.717) is 6.42 Å². The average molecular weight is 226 g/mol. The van der Waals surface area contributed by atoms with Gasteiger partial charge in [-0.15, -0.1) is 0 Å². The van der Waals surface area contributed by atoms with Gasteiger partial charge in [0.05, 0.1) is 18.6 Å². The van der Waals surface area contributed by atoms with Crippen LogP contribution in [0, 0.1) is 10.1 Å². The second kappa shape index (κ2) is 5.43. The van der Waals surface area contributed by atoms with Crippen molar-refractivity contribution in [2.75, 3.05) is 13.7 Å². The van der Waals surface area contributed by atoms with Crippen molar-refractivity contribution in [3.05, 3.63) is 33.9 Å². The van der Waals surface area contributed by atoms with Crippen molar-refractivity contribution in [3.8, 4) is 5.75 Å². The van der Waals surface area contributed by atoms with Crippen LogP contribution in [-0.2, 0) is 6.42 Å². The van der Waals surface area contributed by atoms with Crippen LogP contribution in [0.15, 0.2) is 18.2 Å². The second-order valence-electron chi connectivity index (χ2n) is 3.41. The van der Waals surface area contributed by atoms with Crippen LogP contribution in [0.3, 0.4) is 0 Å². The van der Waals surface area contributed by atoms with E-state index < -0.39 is 4.92 Å². The molecule has 3 N–H and O–H groups in total. The minimum atomic E-state index is -0.505. The Morgan fingerprint density at radius 3 is 2.81 bits per heavy atom. The maximum absolute atomic E-state index is 10.6. The lowest BCUT2D eigenvalue weighted by molar-refractivity contribution is -0.385. The zero-order chi connectivity index (χ0) is 12.1. The largest absolute Gasteiger partial charge is 0.490 e. The first-order valence-corrected chi connectivity index (χ1v) is 4.76. The molecule has 1 aromatic rings. The first kappa shape index (κ1) is 12.4. The number of nitrogens with zero attached hydrogens (tertiary/aromatic N) is 1. The SMILES string of the molecule is COc1cc(CC(N)CO)ccc1[N+](=O)[O-]. The number of rotatable bonds is 5. The van der Waals surface area contributed by atoms with Crippen molar-refractivity contribution in [2.24, 2.45) is 5.73 Å². The molecule has 1 atom stereocenters. The maximum atomic E-state index is 10.6. The molecule has 0 aliphatic carbocycles. The predicted molar refractivity (Wildman–Crippen MR) is 58.4 cm³/mol. The summed E-state index contributed by atoms with van der Waals surface area (Å²) in [4.78, 5) is 10.1. The Bertz CT molecular complexity index is 381. The standard InChI is InChI=1S/C10H14N2O4/c1-16-10-5-7(4-8(11)6-13)2-3-9(10)12(14)15/h2-3,5,8,13H,4,6,11H2,1H3. The smallest absolute Gasteiger partial charge is 0.310 e. The molecule has 0 aliphatic rings. The van der Waals surface area contributed by atoms with E-state index in [1.165, 1.54) is 13.2 Å². The Morgan fingerprint density at radius 1 is 1.62 bits per heavy atom. The molecule has 0 bridgehead atoms. The maximum Gasteiger partial charge on any atom is 0.310 e. The number of nitrogens with two attached hydrogens (primary N) is 1. The predicted octanol–water partition coefficient (Wildman–Crippen LogP) is 0.465. The van der Waals surface area contributed by atoms with E-state index in [-0.39, 0.29) is 24.1 Å². The topological polar surface area (TPSA) is 98.6 Å². The molecule has 1 rings (SSSR count). The molecule has 0 aliphatic heterocycles. The quantitative estimate of drug-likeness (QED) is 0.561. The van der Waals surface area contributed by atoms with Crippen molar-refractivity contribution in [2.45, 2.75) is 12.5 Å². The van der Waals surface area contributed by atoms with Crippen molar-refractivity contribution in [1.82, 2.24) is 0 Å². The highest BCUT2D eigenvalue weighted by Crippen LogP contribution is 2.27. The number of nitro groups is 1. The zero-order valence-corrected chi connectivity index (χ0v) is 8.92. The fourth-order valence-electron chi connectivity index (χ4n) is 1.37. The molecule has 0 aromatic heterocycles. The Labute approximate surface area is 92.8 Å². The van der Waals surface area contributed by atoms with E-state index in [0.717, 1.165) is 5.56 Å². The second-order valence-corrected chi connectivity index (χ2v) is 3.41. The third-order valence-electron chi connectivity index (χ3n) is 2.17. The van der Waals surface area contributed by atoms with Gasteiger partial charge in [-0.3, -0.25) is 10.1 Å². The number of aliphatic hydroxyl groups is 1. The molecule has 0 radical (unpaired) electrons. The number of aliphatic hydroxyl groups excluding tert-OH is 1. The van der Waals surface area contributed by atoms with Crippen LogP contribution >= 0.6 is 0 Å². The summed E-state index contributed by atoms with van der Waals surface area (Å²) in [7, 11) is 1.37. The molecule has 6 heteroatoms. The first-order chi connectivity index (χ1) is 7.58. The van der Waals surface area contributed by atoms with Gasteiger partial charge < -0.3 is 15.6 Å². The Hall–Kier alpha value is -1.66. The highest BCUT2D eigenvalue weighted by Gasteiger charge is 2.15. The van der Waals surface area contributed by atoms with E-state index in [9.17, 15) is 10.1 Å². The van der Waals surface area contributed by atoms with Gasteiger partial charge in [0.1, 0.15) is 0 Å². The van der Waals surface area contributed by atoms with Gasteiger partial charge in [0.2, 0.25) is 0 Å². The highest BCUT2D eigenvalue weighted by molar-refractivity contribution is 5.48. The van der Waals surface area contributed by atoms with Gasteiger partial charge in [0.25, 0.3) is 0 Å². The van der Waals surface area contributed by atoms with E-state index in [1.54, 1.807) is 12.1 Å². The van der Waals surface area contributed by atoms with Gasteiger partial charge in [0.15, 0.2) is 5.75 Å². The molecule has 0 saturated heterocycles. The molecular formula is C10H14N2O4. The lowest BCUT2D eigenvalue weighted by Gasteiger charge is -2.09. The number of hydrogen-bond acceptors (Lipinski definition) is 5. The monoisotopic (exact) mass is 226 g/mol. The summed E-state index contributed by atoms with van der Waals surface area (Å²) >= 11 is 0. The molecule has 88 valence electrons. The zero-order valence-electron chi connectivity index (χ0n) is 8.92. The third kappa shape index (κ3) is 2.91. The minimum Gasteiger partial charge on any atom is -0.490 e. The lowest BCUT2D eigenvalue weighted by atomic mass is 10.1. The first-order valence-electron chi connectivity index (χ1n) is 4.76. The molecule has 1 aromatic carbocycles. The van der Waals surface area contributed by atoms with Crippen molar-refractivity contribution >= 4 is 5.69 Å². The summed E-state index contributed by atoms with van der Waals surface area (Å²) in [6.45, 7) is -0.126. The van der Waals surface area contributed by atoms with Gasteiger partial charge in [0, 0.05) is 12.1 Å². The van der Waals surface area contributed by atoms with Crippen molar-refractivity contribution < 1.29 is 14.8 Å². The molecule has 16 heavy (non-hydrogen) atoms. The molecule has 0 spiro atoms. The van der Waals surface area contributed by atoms with Crippen LogP contribution in [0.25, 0.3) is 0 Å². The minimum absolute atomic E-state index is 0.0798. The van der Waals surface area contributed by atoms with Crippen LogP contribution in [0.1, 0.15) is 5.56 Å². The summed E-state index contributed by atoms with van der Waals surface area (Å²) in [5.74, 6) is 0.202. The highest BCUT2D eigenvalue weighted by atomic mass is 16.6. The normalized spacial score (nSPS) is 12.2. The van der Waals surface area contributed by atoms with E-state index >= 15 is 0 Å². The number of methoxy groups -OCH3 is 1. The molecule has 0 amide bonds. The summed E-state index contributed by atoms with van der Waals surface area (Å²) < 4.78 is 4.92. The van der Waals surface area contributed by atoms with E-state index in [1.807, 2.05) is 0 Å². The fourth-order valence-corrected chi connectivity index (χ4v) is 1.37. The Kier molecular flexibility index (Phi) is 4.21. The van der Waals surface area contributed by atoms with Crippen molar-refractivity contribution in [1.29, 1.82) is 0 Å². The molecule has 0 fully saturated rings. The number of hydrogen-bond donors (Lipinski definition) is 2. The number of benzene rings is 1. The van der Waals surface area contributed by atoms with Crippen LogP contribution < -0.4 is 10.5 Å². The Balaban J connectivity index is 2.95. The lowest BCUT2D eigenvalue weighted by Crippen LogP contribution is -2.26. The molecule has 1 unspecified atom stereocenters. The molecule has 6 nitrogen and oxygen atoms in total. The van der Waals surface area contributed by atoms with E-state index in [2.05, 4.69) is 0 Å². The summed E-state index contributed by atoms with van der Waals surface area (Å²) in [5, 5.41) is 19.4. The van der Waals surface area contributed by atoms with Gasteiger partial charge in [-0.05, 0) is 18.1 Å². The average Bonchev–Trinajstić information content (AvgIpc) is 2.28. The van der Waals surface area contributed by atoms with Crippen molar-refractivity contribution in [3.63, 3.8) is 0 Å². The molecule has 0 saturated carbocycles. The van der Waals surface area contributed by atoms with Gasteiger partial charge in [-0.1, -0.05) is 6.07 Å². The fraction of sp³-hybridized carbons (Fsp3) is 0.400. The van der Waals surface area contributed by atoms with Crippen LogP contribution in [-0.4, -0.2) is 29.8 Å². The van der Waals surface area contributed by atoms with Crippen LogP contribution in [0.4, 0.5) is 5.69 Å². The van der Waals surface area contributed by atoms with Gasteiger partial charge in [-0.25, -0.2) is 0 Å². The Morgan fingerprint density at radius 2 is 2.31 bits per heavy atom. The van der Waals surface area contributed by atoms with Gasteiger partial charge >= 0.3 is 5.69 Å². The van der Waals surface area contributed by atoms with Gasteiger partial charge in [-0.2, -0.15) is 0 Å². The van der Waals surface area contributed by atoms with Crippen LogP contribution in [0.5, 0.6) is 5.75 Å². The summed E-state index contributed by atoms with van der Waals surface area (Å²) in [6.07, 6.45) is 0.449. The summed E-state index contributed by atoms with van der Waals surface area (Å²) in [5.41, 5.74) is 6.29. The summed E-state index contributed by atoms with van der Waals surface area (Å²) in [6, 6.07) is 4.17. The molecular weight excluding hydrogens is 212 g/mol. The number of ether oxygens (including phenoxy) is 1. The third-order valence-corrected chi connectivity index (χ3v) is 2.17. The molecule has 0 heterocycles.